The second kappa shape index (κ2) is 10.7. The maximum atomic E-state index is 13.4. The van der Waals surface area contributed by atoms with Crippen molar-refractivity contribution in [3.63, 3.8) is 0 Å². The first-order valence-corrected chi connectivity index (χ1v) is 11.9. The molecule has 6 heteroatoms. The van der Waals surface area contributed by atoms with E-state index in [4.69, 9.17) is 0 Å². The summed E-state index contributed by atoms with van der Waals surface area (Å²) in [4.78, 5) is 26.8. The van der Waals surface area contributed by atoms with Gasteiger partial charge in [-0.05, 0) is 75.4 Å². The number of pyridine rings is 2. The van der Waals surface area contributed by atoms with Crippen LogP contribution in [0.2, 0.25) is 0 Å². The molecule has 0 bridgehead atoms. The Morgan fingerprint density at radius 1 is 0.971 bits per heavy atom. The lowest BCUT2D eigenvalue weighted by atomic mass is 9.84. The molecule has 0 amide bonds. The van der Waals surface area contributed by atoms with E-state index in [2.05, 4.69) is 27.1 Å². The minimum Gasteiger partial charge on any atom is -0.286 e. The van der Waals surface area contributed by atoms with Crippen LogP contribution in [0, 0.1) is 26.6 Å². The number of hydrogen-bond donors (Lipinski definition) is 0. The standard InChI is InChI=1S/C21H24N4O.C7H7F/c1-14-8-9-17-12-18(16-6-4-3-5-7-16)21(26)25(20(17)24-14)13-19-15(2)22-10-11-23-19;1-6-3-2-4-7(8)5-6/h8-12,16H,3-7,13H2,1-2H3;2-5H,1H3. The van der Waals surface area contributed by atoms with Gasteiger partial charge in [-0.3, -0.25) is 19.3 Å². The molecule has 1 fully saturated rings. The van der Waals surface area contributed by atoms with Crippen LogP contribution < -0.4 is 5.56 Å². The summed E-state index contributed by atoms with van der Waals surface area (Å²) in [5.41, 5.74) is 5.29. The molecule has 0 aliphatic heterocycles. The van der Waals surface area contributed by atoms with Crippen molar-refractivity contribution < 1.29 is 4.39 Å². The Labute approximate surface area is 199 Å². The van der Waals surface area contributed by atoms with Gasteiger partial charge in [-0.15, -0.1) is 0 Å². The van der Waals surface area contributed by atoms with Gasteiger partial charge in [0.15, 0.2) is 0 Å². The van der Waals surface area contributed by atoms with Gasteiger partial charge in [0.2, 0.25) is 0 Å². The fraction of sp³-hybridized carbons (Fsp3) is 0.357. The zero-order chi connectivity index (χ0) is 24.1. The van der Waals surface area contributed by atoms with E-state index in [1.165, 1.54) is 31.4 Å². The molecule has 1 aromatic carbocycles. The van der Waals surface area contributed by atoms with E-state index >= 15 is 0 Å². The fourth-order valence-corrected chi connectivity index (χ4v) is 4.56. The lowest BCUT2D eigenvalue weighted by Gasteiger charge is -2.23. The summed E-state index contributed by atoms with van der Waals surface area (Å²) in [5.74, 6) is 0.196. The minimum atomic E-state index is -0.162. The molecule has 3 heterocycles. The number of aromatic nitrogens is 4. The van der Waals surface area contributed by atoms with E-state index in [-0.39, 0.29) is 11.4 Å². The largest absolute Gasteiger partial charge is 0.286 e. The first kappa shape index (κ1) is 23.7. The van der Waals surface area contributed by atoms with Crippen LogP contribution in [0.15, 0.2) is 59.7 Å². The number of nitrogens with zero attached hydrogens (tertiary/aromatic N) is 4. The molecule has 5 nitrogen and oxygen atoms in total. The maximum Gasteiger partial charge on any atom is 0.256 e. The number of rotatable bonds is 3. The highest BCUT2D eigenvalue weighted by atomic mass is 19.1. The lowest BCUT2D eigenvalue weighted by molar-refractivity contribution is 0.439. The molecule has 1 saturated carbocycles. The molecule has 0 unspecified atom stereocenters. The molecular weight excluding hydrogens is 427 g/mol. The molecule has 5 rings (SSSR count). The highest BCUT2D eigenvalue weighted by molar-refractivity contribution is 5.76. The monoisotopic (exact) mass is 458 g/mol. The number of halogens is 1. The summed E-state index contributed by atoms with van der Waals surface area (Å²) in [6.45, 7) is 6.16. The fourth-order valence-electron chi connectivity index (χ4n) is 4.56. The quantitative estimate of drug-likeness (QED) is 0.376. The molecule has 176 valence electrons. The molecule has 1 aliphatic carbocycles. The second-order valence-electron chi connectivity index (χ2n) is 9.08. The Hall–Kier alpha value is -3.41. The maximum absolute atomic E-state index is 13.4. The van der Waals surface area contributed by atoms with Crippen LogP contribution in [0.3, 0.4) is 0 Å². The van der Waals surface area contributed by atoms with Crippen LogP contribution in [-0.2, 0) is 6.54 Å². The normalized spacial score (nSPS) is 14.0. The summed E-state index contributed by atoms with van der Waals surface area (Å²) in [6.07, 6.45) is 9.25. The van der Waals surface area contributed by atoms with Gasteiger partial charge in [-0.25, -0.2) is 9.37 Å². The van der Waals surface area contributed by atoms with Crippen LogP contribution in [0.1, 0.15) is 66.2 Å². The number of fused-ring (bicyclic) bond motifs is 1. The summed E-state index contributed by atoms with van der Waals surface area (Å²) in [5, 5.41) is 1.03. The van der Waals surface area contributed by atoms with Gasteiger partial charge < -0.3 is 0 Å². The van der Waals surface area contributed by atoms with Gasteiger partial charge in [-0.2, -0.15) is 0 Å². The summed E-state index contributed by atoms with van der Waals surface area (Å²) < 4.78 is 14.0. The van der Waals surface area contributed by atoms with Gasteiger partial charge >= 0.3 is 0 Å². The highest BCUT2D eigenvalue weighted by Gasteiger charge is 2.21. The third-order valence-electron chi connectivity index (χ3n) is 6.42. The summed E-state index contributed by atoms with van der Waals surface area (Å²) in [7, 11) is 0. The Bertz CT molecular complexity index is 1320. The average Bonchev–Trinajstić information content (AvgIpc) is 2.83. The van der Waals surface area contributed by atoms with Crippen molar-refractivity contribution in [1.29, 1.82) is 0 Å². The van der Waals surface area contributed by atoms with Crippen molar-refractivity contribution in [3.05, 3.63) is 99.2 Å². The van der Waals surface area contributed by atoms with Crippen LogP contribution in [-0.4, -0.2) is 19.5 Å². The van der Waals surface area contributed by atoms with Crippen LogP contribution in [0.5, 0.6) is 0 Å². The molecule has 0 saturated heterocycles. The zero-order valence-electron chi connectivity index (χ0n) is 20.1. The van der Waals surface area contributed by atoms with Crippen LogP contribution in [0.4, 0.5) is 4.39 Å². The van der Waals surface area contributed by atoms with Gasteiger partial charge in [0, 0.05) is 29.0 Å². The first-order chi connectivity index (χ1) is 16.4. The Morgan fingerprint density at radius 3 is 2.41 bits per heavy atom. The van der Waals surface area contributed by atoms with Gasteiger partial charge in [-0.1, -0.05) is 31.4 Å². The lowest BCUT2D eigenvalue weighted by Crippen LogP contribution is -2.28. The van der Waals surface area contributed by atoms with Gasteiger partial charge in [0.25, 0.3) is 5.56 Å². The predicted molar refractivity (Wildman–Crippen MR) is 134 cm³/mol. The van der Waals surface area contributed by atoms with Crippen molar-refractivity contribution in [2.75, 3.05) is 0 Å². The smallest absolute Gasteiger partial charge is 0.256 e. The third-order valence-corrected chi connectivity index (χ3v) is 6.42. The van der Waals surface area contributed by atoms with Crippen LogP contribution >= 0.6 is 0 Å². The van der Waals surface area contributed by atoms with Gasteiger partial charge in [0.05, 0.1) is 17.9 Å². The SMILES string of the molecule is Cc1ccc2cc(C3CCCCC3)c(=O)n(Cc3nccnc3C)c2n1.Cc1cccc(F)c1. The first-order valence-electron chi connectivity index (χ1n) is 11.9. The molecule has 0 spiro atoms. The van der Waals surface area contributed by atoms with E-state index in [0.29, 0.717) is 12.5 Å². The van der Waals surface area contributed by atoms with E-state index < -0.39 is 0 Å². The van der Waals surface area contributed by atoms with E-state index in [1.54, 1.807) is 23.0 Å². The second-order valence-corrected chi connectivity index (χ2v) is 9.08. The molecule has 1 aliphatic rings. The number of benzene rings is 1. The zero-order valence-corrected chi connectivity index (χ0v) is 20.1. The Morgan fingerprint density at radius 2 is 1.74 bits per heavy atom. The van der Waals surface area contributed by atoms with Crippen molar-refractivity contribution in [2.45, 2.75) is 65.3 Å². The van der Waals surface area contributed by atoms with E-state index in [9.17, 15) is 9.18 Å². The topological polar surface area (TPSA) is 60.7 Å². The predicted octanol–water partition coefficient (Wildman–Crippen LogP) is 6.03. The van der Waals surface area contributed by atoms with E-state index in [0.717, 1.165) is 52.1 Å². The molecule has 34 heavy (non-hydrogen) atoms. The molecule has 0 N–H and O–H groups in total. The third kappa shape index (κ3) is 5.56. The van der Waals surface area contributed by atoms with Crippen LogP contribution in [0.25, 0.3) is 11.0 Å². The molecule has 3 aromatic heterocycles. The van der Waals surface area contributed by atoms with Crippen molar-refractivity contribution in [3.8, 4) is 0 Å². The average molecular weight is 459 g/mol. The Kier molecular flexibility index (Phi) is 7.46. The Balaban J connectivity index is 0.000000291. The van der Waals surface area contributed by atoms with E-state index in [1.807, 2.05) is 32.9 Å². The minimum absolute atomic E-state index is 0.0764. The van der Waals surface area contributed by atoms with Crippen molar-refractivity contribution in [2.24, 2.45) is 0 Å². The number of aryl methyl sites for hydroxylation is 3. The molecule has 0 radical (unpaired) electrons. The molecule has 0 atom stereocenters. The van der Waals surface area contributed by atoms with Crippen molar-refractivity contribution in [1.82, 2.24) is 19.5 Å². The summed E-state index contributed by atoms with van der Waals surface area (Å²) >= 11 is 0. The van der Waals surface area contributed by atoms with Crippen molar-refractivity contribution >= 4 is 11.0 Å². The molecular formula is C28H31FN4O. The number of hydrogen-bond acceptors (Lipinski definition) is 4. The highest BCUT2D eigenvalue weighted by Crippen LogP contribution is 2.32. The molecule has 4 aromatic rings. The summed E-state index contributed by atoms with van der Waals surface area (Å²) in [6, 6.07) is 12.7. The van der Waals surface area contributed by atoms with Gasteiger partial charge in [0.1, 0.15) is 11.5 Å².